The largest absolute Gasteiger partial charge is 0.487 e. The third-order valence-electron chi connectivity index (χ3n) is 2.92. The number of hydrogen-bond acceptors (Lipinski definition) is 3. The number of ether oxygens (including phenoxy) is 1. The van der Waals surface area contributed by atoms with Gasteiger partial charge in [0.2, 0.25) is 0 Å². The lowest BCUT2D eigenvalue weighted by Gasteiger charge is -2.26. The van der Waals surface area contributed by atoms with Gasteiger partial charge in [0.25, 0.3) is 0 Å². The van der Waals surface area contributed by atoms with Crippen LogP contribution in [0.3, 0.4) is 0 Å². The molecule has 0 spiro atoms. The molecule has 1 heterocycles. The highest BCUT2D eigenvalue weighted by Gasteiger charge is 2.24. The molecule has 0 radical (unpaired) electrons. The molecule has 1 aromatic carbocycles. The number of pyridine rings is 1. The molecule has 1 N–H and O–H groups in total. The minimum Gasteiger partial charge on any atom is -0.487 e. The summed E-state index contributed by atoms with van der Waals surface area (Å²) < 4.78 is 5.90. The number of carboxylic acid groups (broad SMARTS) is 1. The summed E-state index contributed by atoms with van der Waals surface area (Å²) >= 11 is 5.84. The molecular weight excluding hydrogens is 290 g/mol. The Morgan fingerprint density at radius 3 is 2.57 bits per heavy atom. The van der Waals surface area contributed by atoms with Crippen molar-refractivity contribution in [3.8, 4) is 5.75 Å². The number of benzene rings is 1. The predicted molar refractivity (Wildman–Crippen MR) is 81.1 cm³/mol. The normalized spacial score (nSPS) is 11.2. The van der Waals surface area contributed by atoms with Gasteiger partial charge in [-0.3, -0.25) is 4.98 Å². The van der Waals surface area contributed by atoms with Crippen LogP contribution in [-0.2, 0) is 6.42 Å². The van der Waals surface area contributed by atoms with Crippen molar-refractivity contribution in [1.29, 1.82) is 0 Å². The first-order valence-electron chi connectivity index (χ1n) is 6.49. The Hall–Kier alpha value is -2.07. The first kappa shape index (κ1) is 15.3. The summed E-state index contributed by atoms with van der Waals surface area (Å²) in [7, 11) is 0. The van der Waals surface area contributed by atoms with Crippen LogP contribution in [0.2, 0.25) is 5.02 Å². The first-order valence-corrected chi connectivity index (χ1v) is 6.87. The molecule has 21 heavy (non-hydrogen) atoms. The zero-order chi connectivity index (χ0) is 15.5. The number of aromatic carboxylic acids is 1. The lowest BCUT2D eigenvalue weighted by Crippen LogP contribution is -2.32. The third-order valence-corrected chi connectivity index (χ3v) is 3.17. The van der Waals surface area contributed by atoms with Crippen LogP contribution in [0.1, 0.15) is 29.9 Å². The Kier molecular flexibility index (Phi) is 4.48. The number of carboxylic acids is 1. The highest BCUT2D eigenvalue weighted by atomic mass is 35.5. The monoisotopic (exact) mass is 305 g/mol. The van der Waals surface area contributed by atoms with Gasteiger partial charge in [-0.05, 0) is 50.2 Å². The van der Waals surface area contributed by atoms with Crippen molar-refractivity contribution in [2.45, 2.75) is 25.9 Å². The van der Waals surface area contributed by atoms with Crippen molar-refractivity contribution in [2.75, 3.05) is 0 Å². The Morgan fingerprint density at radius 2 is 1.95 bits per heavy atom. The molecule has 0 aliphatic heterocycles. The lowest BCUT2D eigenvalue weighted by molar-refractivity contribution is 0.0691. The van der Waals surface area contributed by atoms with Crippen molar-refractivity contribution < 1.29 is 14.6 Å². The zero-order valence-electron chi connectivity index (χ0n) is 11.8. The van der Waals surface area contributed by atoms with Crippen molar-refractivity contribution in [2.24, 2.45) is 0 Å². The van der Waals surface area contributed by atoms with Gasteiger partial charge in [-0.1, -0.05) is 11.6 Å². The van der Waals surface area contributed by atoms with E-state index >= 15 is 0 Å². The minimum atomic E-state index is -0.986. The fraction of sp³-hybridized carbons (Fsp3) is 0.250. The van der Waals surface area contributed by atoms with Gasteiger partial charge in [0.15, 0.2) is 0 Å². The Balaban J connectivity index is 2.17. The summed E-state index contributed by atoms with van der Waals surface area (Å²) in [5, 5.41) is 9.82. The second-order valence-electron chi connectivity index (χ2n) is 5.30. The van der Waals surface area contributed by atoms with Crippen LogP contribution in [-0.4, -0.2) is 21.7 Å². The maximum Gasteiger partial charge on any atom is 0.337 e. The summed E-state index contributed by atoms with van der Waals surface area (Å²) in [5.74, 6) is -0.308. The standard InChI is InChI=1S/C16H16ClNO3/c1-16(2,21-12-7-5-11(17)6-8-12)10-14-13(15(19)20)4-3-9-18-14/h3-9H,10H2,1-2H3,(H,19,20). The number of halogens is 1. The van der Waals surface area contributed by atoms with E-state index in [-0.39, 0.29) is 5.56 Å². The summed E-state index contributed by atoms with van der Waals surface area (Å²) in [6.07, 6.45) is 1.97. The number of rotatable bonds is 5. The lowest BCUT2D eigenvalue weighted by atomic mass is 9.99. The van der Waals surface area contributed by atoms with Crippen molar-refractivity contribution in [3.05, 3.63) is 58.9 Å². The number of carbonyl (C=O) groups is 1. The second-order valence-corrected chi connectivity index (χ2v) is 5.73. The van der Waals surface area contributed by atoms with Crippen molar-refractivity contribution in [3.63, 3.8) is 0 Å². The average Bonchev–Trinajstić information content (AvgIpc) is 2.41. The fourth-order valence-corrected chi connectivity index (χ4v) is 2.16. The first-order chi connectivity index (χ1) is 9.87. The minimum absolute atomic E-state index is 0.199. The Labute approximate surface area is 128 Å². The second kappa shape index (κ2) is 6.14. The molecule has 4 nitrogen and oxygen atoms in total. The topological polar surface area (TPSA) is 59.4 Å². The van der Waals surface area contributed by atoms with Crippen LogP contribution in [0.15, 0.2) is 42.6 Å². The number of hydrogen-bond donors (Lipinski definition) is 1. The van der Waals surface area contributed by atoms with Gasteiger partial charge >= 0.3 is 5.97 Å². The third kappa shape index (κ3) is 4.20. The molecule has 0 amide bonds. The summed E-state index contributed by atoms with van der Waals surface area (Å²) in [5.41, 5.74) is 0.112. The Bertz CT molecular complexity index is 638. The highest BCUT2D eigenvalue weighted by Crippen LogP contribution is 2.24. The maximum atomic E-state index is 11.2. The zero-order valence-corrected chi connectivity index (χ0v) is 12.6. The van der Waals surface area contributed by atoms with Gasteiger partial charge in [-0.2, -0.15) is 0 Å². The number of aromatic nitrogens is 1. The molecule has 0 saturated carbocycles. The van der Waals surface area contributed by atoms with E-state index in [1.807, 2.05) is 13.8 Å². The predicted octanol–water partition coefficient (Wildman–Crippen LogP) is 3.83. The van der Waals surface area contributed by atoms with Gasteiger partial charge < -0.3 is 9.84 Å². The van der Waals surface area contributed by atoms with E-state index in [9.17, 15) is 9.90 Å². The van der Waals surface area contributed by atoms with Crippen LogP contribution in [0.5, 0.6) is 5.75 Å². The van der Waals surface area contributed by atoms with E-state index in [1.165, 1.54) is 0 Å². The molecule has 2 rings (SSSR count). The molecule has 0 fully saturated rings. The van der Waals surface area contributed by atoms with Crippen molar-refractivity contribution in [1.82, 2.24) is 4.98 Å². The van der Waals surface area contributed by atoms with E-state index in [1.54, 1.807) is 42.6 Å². The summed E-state index contributed by atoms with van der Waals surface area (Å²) in [6.45, 7) is 3.78. The van der Waals surface area contributed by atoms with Crippen LogP contribution >= 0.6 is 11.6 Å². The quantitative estimate of drug-likeness (QED) is 0.912. The van der Waals surface area contributed by atoms with Crippen molar-refractivity contribution >= 4 is 17.6 Å². The Morgan fingerprint density at radius 1 is 1.29 bits per heavy atom. The molecular formula is C16H16ClNO3. The highest BCUT2D eigenvalue weighted by molar-refractivity contribution is 6.30. The van der Waals surface area contributed by atoms with E-state index in [4.69, 9.17) is 16.3 Å². The molecule has 0 bridgehead atoms. The summed E-state index contributed by atoms with van der Waals surface area (Å²) in [4.78, 5) is 15.4. The van der Waals surface area contributed by atoms with E-state index in [0.29, 0.717) is 22.9 Å². The van der Waals surface area contributed by atoms with Gasteiger partial charge in [0.1, 0.15) is 11.4 Å². The fourth-order valence-electron chi connectivity index (χ4n) is 2.03. The molecule has 0 aliphatic rings. The van der Waals surface area contributed by atoms with E-state index in [2.05, 4.69) is 4.98 Å². The molecule has 0 atom stereocenters. The van der Waals surface area contributed by atoms with Crippen LogP contribution in [0.4, 0.5) is 0 Å². The van der Waals surface area contributed by atoms with Gasteiger partial charge in [0.05, 0.1) is 11.3 Å². The molecule has 110 valence electrons. The van der Waals surface area contributed by atoms with Gasteiger partial charge in [-0.25, -0.2) is 4.79 Å². The molecule has 0 saturated heterocycles. The average molecular weight is 306 g/mol. The SMILES string of the molecule is CC(C)(Cc1ncccc1C(=O)O)Oc1ccc(Cl)cc1. The van der Waals surface area contributed by atoms with Crippen LogP contribution in [0, 0.1) is 0 Å². The molecule has 0 aliphatic carbocycles. The van der Waals surface area contributed by atoms with Gasteiger partial charge in [0, 0.05) is 17.6 Å². The molecule has 1 aromatic heterocycles. The van der Waals surface area contributed by atoms with E-state index in [0.717, 1.165) is 0 Å². The maximum absolute atomic E-state index is 11.2. The van der Waals surface area contributed by atoms with Gasteiger partial charge in [-0.15, -0.1) is 0 Å². The molecule has 2 aromatic rings. The smallest absolute Gasteiger partial charge is 0.337 e. The summed E-state index contributed by atoms with van der Waals surface area (Å²) in [6, 6.07) is 10.2. The van der Waals surface area contributed by atoms with Crippen LogP contribution < -0.4 is 4.74 Å². The molecule has 0 unspecified atom stereocenters. The number of nitrogens with zero attached hydrogens (tertiary/aromatic N) is 1. The van der Waals surface area contributed by atoms with E-state index < -0.39 is 11.6 Å². The van der Waals surface area contributed by atoms with Crippen LogP contribution in [0.25, 0.3) is 0 Å². The molecule has 5 heteroatoms.